The van der Waals surface area contributed by atoms with Crippen molar-refractivity contribution in [2.75, 3.05) is 18.6 Å². The third-order valence-corrected chi connectivity index (χ3v) is 6.02. The molecule has 1 fully saturated rings. The van der Waals surface area contributed by atoms with Gasteiger partial charge in [0, 0.05) is 31.1 Å². The first kappa shape index (κ1) is 19.4. The second kappa shape index (κ2) is 7.91. The van der Waals surface area contributed by atoms with E-state index >= 15 is 0 Å². The zero-order valence-electron chi connectivity index (χ0n) is 17.8. The molecule has 1 amide bonds. The first-order chi connectivity index (χ1) is 15.1. The summed E-state index contributed by atoms with van der Waals surface area (Å²) in [6.45, 7) is 3.41. The van der Waals surface area contributed by atoms with E-state index in [2.05, 4.69) is 41.8 Å². The molecule has 3 aromatic carbocycles. The molecule has 0 spiro atoms. The number of para-hydroxylation sites is 2. The van der Waals surface area contributed by atoms with Crippen molar-refractivity contribution in [3.8, 4) is 5.75 Å². The van der Waals surface area contributed by atoms with Gasteiger partial charge in [-0.1, -0.05) is 42.0 Å². The van der Waals surface area contributed by atoms with Crippen LogP contribution in [0, 0.1) is 6.92 Å². The number of fused-ring (bicyclic) bond motifs is 1. The van der Waals surface area contributed by atoms with Crippen molar-refractivity contribution in [3.05, 3.63) is 89.7 Å². The van der Waals surface area contributed by atoms with Gasteiger partial charge in [-0.25, -0.2) is 4.98 Å². The Balaban J connectivity index is 1.50. The maximum atomic E-state index is 12.9. The average molecular weight is 412 g/mol. The van der Waals surface area contributed by atoms with Gasteiger partial charge in [-0.05, 0) is 48.9 Å². The molecule has 0 aliphatic carbocycles. The molecule has 5 rings (SSSR count). The second-order valence-corrected chi connectivity index (χ2v) is 8.13. The maximum absolute atomic E-state index is 12.9. The number of carbonyl (C=O) groups is 1. The summed E-state index contributed by atoms with van der Waals surface area (Å²) in [6.07, 6.45) is 0.472. The monoisotopic (exact) mass is 411 g/mol. The van der Waals surface area contributed by atoms with E-state index in [0.29, 0.717) is 19.5 Å². The predicted octanol–water partition coefficient (Wildman–Crippen LogP) is 4.92. The molecule has 1 saturated heterocycles. The van der Waals surface area contributed by atoms with E-state index in [4.69, 9.17) is 9.72 Å². The summed E-state index contributed by atoms with van der Waals surface area (Å²) in [7, 11) is 1.67. The molecule has 1 aliphatic heterocycles. The molecule has 0 saturated carbocycles. The lowest BCUT2D eigenvalue weighted by atomic mass is 10.1. The quantitative estimate of drug-likeness (QED) is 0.468. The van der Waals surface area contributed by atoms with E-state index in [-0.39, 0.29) is 11.8 Å². The largest absolute Gasteiger partial charge is 0.497 e. The Kier molecular flexibility index (Phi) is 4.94. The molecule has 5 nitrogen and oxygen atoms in total. The normalized spacial score (nSPS) is 16.3. The maximum Gasteiger partial charge on any atom is 0.227 e. The Hall–Kier alpha value is -3.60. The van der Waals surface area contributed by atoms with Crippen LogP contribution in [-0.2, 0) is 11.3 Å². The van der Waals surface area contributed by atoms with Gasteiger partial charge in [0.2, 0.25) is 5.91 Å². The highest BCUT2D eigenvalue weighted by Crippen LogP contribution is 2.33. The molecule has 0 bridgehead atoms. The van der Waals surface area contributed by atoms with Gasteiger partial charge in [0.15, 0.2) is 0 Å². The topological polar surface area (TPSA) is 47.4 Å². The molecule has 156 valence electrons. The van der Waals surface area contributed by atoms with Crippen LogP contribution in [0.4, 0.5) is 5.69 Å². The van der Waals surface area contributed by atoms with Gasteiger partial charge in [-0.3, -0.25) is 4.79 Å². The minimum atomic E-state index is 0.0550. The van der Waals surface area contributed by atoms with Crippen LogP contribution in [0.2, 0.25) is 0 Å². The van der Waals surface area contributed by atoms with E-state index in [0.717, 1.165) is 28.3 Å². The minimum absolute atomic E-state index is 0.0550. The minimum Gasteiger partial charge on any atom is -0.497 e. The number of carbonyl (C=O) groups excluding carboxylic acids is 1. The third-order valence-electron chi connectivity index (χ3n) is 6.02. The standard InChI is InChI=1S/C26H25N3O2/c1-18-7-11-21(12-8-18)28-17-20(15-25(28)30)26-27-23-5-3-4-6-24(23)29(26)16-19-9-13-22(31-2)14-10-19/h3-14,20H,15-17H2,1-2H3/t20-/m0/s1. The van der Waals surface area contributed by atoms with Crippen molar-refractivity contribution in [2.24, 2.45) is 0 Å². The zero-order chi connectivity index (χ0) is 21.4. The molecule has 1 aromatic heterocycles. The Bertz CT molecular complexity index is 1230. The van der Waals surface area contributed by atoms with Crippen LogP contribution in [0.5, 0.6) is 5.75 Å². The summed E-state index contributed by atoms with van der Waals surface area (Å²) in [5.41, 5.74) is 5.37. The molecule has 1 atom stereocenters. The van der Waals surface area contributed by atoms with Gasteiger partial charge in [0.25, 0.3) is 0 Å². The lowest BCUT2D eigenvalue weighted by Gasteiger charge is -2.18. The number of benzene rings is 3. The van der Waals surface area contributed by atoms with Crippen molar-refractivity contribution in [1.82, 2.24) is 9.55 Å². The highest BCUT2D eigenvalue weighted by atomic mass is 16.5. The molecule has 5 heteroatoms. The van der Waals surface area contributed by atoms with Gasteiger partial charge in [0.05, 0.1) is 18.1 Å². The number of hydrogen-bond acceptors (Lipinski definition) is 3. The second-order valence-electron chi connectivity index (χ2n) is 8.13. The van der Waals surface area contributed by atoms with E-state index in [1.54, 1.807) is 7.11 Å². The van der Waals surface area contributed by atoms with Crippen LogP contribution < -0.4 is 9.64 Å². The number of aromatic nitrogens is 2. The van der Waals surface area contributed by atoms with E-state index in [1.165, 1.54) is 11.1 Å². The summed E-state index contributed by atoms with van der Waals surface area (Å²) >= 11 is 0. The van der Waals surface area contributed by atoms with E-state index in [9.17, 15) is 4.79 Å². The summed E-state index contributed by atoms with van der Waals surface area (Å²) in [4.78, 5) is 19.7. The van der Waals surface area contributed by atoms with Crippen molar-refractivity contribution < 1.29 is 9.53 Å². The average Bonchev–Trinajstić information content (AvgIpc) is 3.35. The smallest absolute Gasteiger partial charge is 0.227 e. The lowest BCUT2D eigenvalue weighted by molar-refractivity contribution is -0.117. The van der Waals surface area contributed by atoms with Crippen molar-refractivity contribution >= 4 is 22.6 Å². The first-order valence-corrected chi connectivity index (χ1v) is 10.6. The fraction of sp³-hybridized carbons (Fsp3) is 0.231. The van der Waals surface area contributed by atoms with Crippen molar-refractivity contribution in [3.63, 3.8) is 0 Å². The number of amides is 1. The molecule has 4 aromatic rings. The molecular weight excluding hydrogens is 386 g/mol. The number of nitrogens with zero attached hydrogens (tertiary/aromatic N) is 3. The number of aryl methyl sites for hydroxylation is 1. The third kappa shape index (κ3) is 3.67. The van der Waals surface area contributed by atoms with Crippen LogP contribution in [0.3, 0.4) is 0 Å². The number of rotatable bonds is 5. The lowest BCUT2D eigenvalue weighted by Crippen LogP contribution is -2.24. The number of imidazole rings is 1. The number of methoxy groups -OCH3 is 1. The van der Waals surface area contributed by atoms with Gasteiger partial charge in [-0.2, -0.15) is 0 Å². The number of hydrogen-bond donors (Lipinski definition) is 0. The Morgan fingerprint density at radius 2 is 1.74 bits per heavy atom. The summed E-state index contributed by atoms with van der Waals surface area (Å²) in [5.74, 6) is 2.02. The van der Waals surface area contributed by atoms with E-state index < -0.39 is 0 Å². The van der Waals surface area contributed by atoms with Crippen LogP contribution in [0.1, 0.15) is 29.3 Å². The zero-order valence-corrected chi connectivity index (χ0v) is 17.8. The molecule has 0 unspecified atom stereocenters. The molecule has 1 aliphatic rings. The van der Waals surface area contributed by atoms with Crippen LogP contribution in [0.25, 0.3) is 11.0 Å². The Labute approximate surface area is 181 Å². The predicted molar refractivity (Wildman–Crippen MR) is 123 cm³/mol. The highest BCUT2D eigenvalue weighted by molar-refractivity contribution is 5.96. The molecular formula is C26H25N3O2. The molecule has 0 radical (unpaired) electrons. The Morgan fingerprint density at radius 1 is 1.00 bits per heavy atom. The van der Waals surface area contributed by atoms with Gasteiger partial charge >= 0.3 is 0 Å². The molecule has 2 heterocycles. The van der Waals surface area contributed by atoms with Crippen LogP contribution >= 0.6 is 0 Å². The van der Waals surface area contributed by atoms with Crippen LogP contribution in [0.15, 0.2) is 72.8 Å². The molecule has 31 heavy (non-hydrogen) atoms. The fourth-order valence-corrected chi connectivity index (χ4v) is 4.34. The van der Waals surface area contributed by atoms with Gasteiger partial charge in [-0.15, -0.1) is 0 Å². The van der Waals surface area contributed by atoms with Gasteiger partial charge in [0.1, 0.15) is 11.6 Å². The first-order valence-electron chi connectivity index (χ1n) is 10.6. The fourth-order valence-electron chi connectivity index (χ4n) is 4.34. The number of ether oxygens (including phenoxy) is 1. The highest BCUT2D eigenvalue weighted by Gasteiger charge is 2.34. The van der Waals surface area contributed by atoms with Gasteiger partial charge < -0.3 is 14.2 Å². The molecule has 0 N–H and O–H groups in total. The summed E-state index contributed by atoms with van der Waals surface area (Å²) in [6, 6.07) is 24.5. The summed E-state index contributed by atoms with van der Waals surface area (Å²) in [5, 5.41) is 0. The summed E-state index contributed by atoms with van der Waals surface area (Å²) < 4.78 is 7.55. The Morgan fingerprint density at radius 3 is 2.48 bits per heavy atom. The van der Waals surface area contributed by atoms with Crippen molar-refractivity contribution in [2.45, 2.75) is 25.8 Å². The van der Waals surface area contributed by atoms with Crippen molar-refractivity contribution in [1.29, 1.82) is 0 Å². The van der Waals surface area contributed by atoms with Crippen LogP contribution in [-0.4, -0.2) is 29.1 Å². The SMILES string of the molecule is COc1ccc(Cn2c([C@H]3CC(=O)N(c4ccc(C)cc4)C3)nc3ccccc32)cc1. The van der Waals surface area contributed by atoms with E-state index in [1.807, 2.05) is 47.4 Å². The number of anilines is 1.